The Kier molecular flexibility index (Phi) is 7.95. The Morgan fingerprint density at radius 1 is 0.882 bits per heavy atom. The molecule has 0 heterocycles. The first-order chi connectivity index (χ1) is 16.2. The minimum atomic E-state index is -1.14. The van der Waals surface area contributed by atoms with Gasteiger partial charge in [-0.25, -0.2) is 0 Å². The van der Waals surface area contributed by atoms with Crippen LogP contribution in [0.3, 0.4) is 0 Å². The summed E-state index contributed by atoms with van der Waals surface area (Å²) in [6.45, 7) is 5.85. The number of nitrogens with zero attached hydrogens (tertiary/aromatic N) is 1. The molecule has 0 fully saturated rings. The predicted molar refractivity (Wildman–Crippen MR) is 134 cm³/mol. The van der Waals surface area contributed by atoms with Crippen LogP contribution in [0.2, 0.25) is 0 Å². The number of aryl methyl sites for hydroxylation is 1. The minimum absolute atomic E-state index is 0.131. The van der Waals surface area contributed by atoms with E-state index in [1.54, 1.807) is 44.1 Å². The van der Waals surface area contributed by atoms with E-state index in [-0.39, 0.29) is 18.2 Å². The number of benzene rings is 3. The third-order valence-electron chi connectivity index (χ3n) is 5.85. The van der Waals surface area contributed by atoms with Crippen LogP contribution < -0.4 is 14.8 Å². The molecule has 3 rings (SSSR count). The van der Waals surface area contributed by atoms with E-state index in [4.69, 9.17) is 9.47 Å². The van der Waals surface area contributed by atoms with Gasteiger partial charge in [0.25, 0.3) is 0 Å². The van der Waals surface area contributed by atoms with E-state index in [2.05, 4.69) is 5.32 Å². The first-order valence-electron chi connectivity index (χ1n) is 11.2. The fourth-order valence-corrected chi connectivity index (χ4v) is 3.64. The van der Waals surface area contributed by atoms with Crippen LogP contribution in [-0.2, 0) is 22.6 Å². The molecule has 6 nitrogen and oxygen atoms in total. The van der Waals surface area contributed by atoms with Crippen LogP contribution in [0.5, 0.6) is 11.5 Å². The van der Waals surface area contributed by atoms with E-state index in [0.29, 0.717) is 23.7 Å². The normalized spacial score (nSPS) is 11.0. The molecule has 0 atom stereocenters. The number of hydrogen-bond donors (Lipinski definition) is 1. The number of hydrogen-bond acceptors (Lipinski definition) is 4. The summed E-state index contributed by atoms with van der Waals surface area (Å²) in [5.74, 6) is 0.649. The highest BCUT2D eigenvalue weighted by Gasteiger charge is 2.38. The lowest BCUT2D eigenvalue weighted by molar-refractivity contribution is -0.144. The number of amides is 2. The molecule has 3 aromatic carbocycles. The summed E-state index contributed by atoms with van der Waals surface area (Å²) >= 11 is 0. The average molecular weight is 461 g/mol. The number of anilines is 1. The van der Waals surface area contributed by atoms with Gasteiger partial charge in [-0.15, -0.1) is 0 Å². The van der Waals surface area contributed by atoms with Crippen molar-refractivity contribution in [3.8, 4) is 11.5 Å². The summed E-state index contributed by atoms with van der Waals surface area (Å²) in [5, 5.41) is 2.93. The third-order valence-corrected chi connectivity index (χ3v) is 5.85. The van der Waals surface area contributed by atoms with Crippen molar-refractivity contribution in [1.29, 1.82) is 0 Å². The molecule has 0 saturated carbocycles. The molecule has 0 bridgehead atoms. The standard InChI is InChI=1S/C28H32N2O4/c1-20-11-13-22(14-12-20)19-30(26(31)17-21-9-7-6-8-10-21)28(2,3)27(32)29-24-16-15-23(33-4)18-25(24)34-5/h6-16,18H,17,19H2,1-5H3,(H,29,32). The number of nitrogens with one attached hydrogen (secondary N) is 1. The summed E-state index contributed by atoms with van der Waals surface area (Å²) in [4.78, 5) is 28.6. The molecule has 0 aliphatic carbocycles. The third kappa shape index (κ3) is 5.95. The summed E-state index contributed by atoms with van der Waals surface area (Å²) in [7, 11) is 3.10. The maximum absolute atomic E-state index is 13.5. The van der Waals surface area contributed by atoms with Gasteiger partial charge in [-0.1, -0.05) is 60.2 Å². The van der Waals surface area contributed by atoms with Crippen LogP contribution in [0.4, 0.5) is 5.69 Å². The van der Waals surface area contributed by atoms with Gasteiger partial charge in [-0.2, -0.15) is 0 Å². The average Bonchev–Trinajstić information content (AvgIpc) is 2.84. The van der Waals surface area contributed by atoms with Crippen molar-refractivity contribution in [1.82, 2.24) is 4.90 Å². The zero-order chi connectivity index (χ0) is 24.7. The molecule has 6 heteroatoms. The van der Waals surface area contributed by atoms with Gasteiger partial charge in [0.2, 0.25) is 11.8 Å². The Hall–Kier alpha value is -3.80. The van der Waals surface area contributed by atoms with Crippen LogP contribution in [0.15, 0.2) is 72.8 Å². The second-order valence-corrected chi connectivity index (χ2v) is 8.71. The Balaban J connectivity index is 1.89. The van der Waals surface area contributed by atoms with Crippen LogP contribution in [0, 0.1) is 6.92 Å². The Bertz CT molecular complexity index is 1120. The molecular formula is C28H32N2O4. The number of rotatable bonds is 9. The van der Waals surface area contributed by atoms with Crippen molar-refractivity contribution in [3.63, 3.8) is 0 Å². The van der Waals surface area contributed by atoms with Gasteiger partial charge < -0.3 is 19.7 Å². The summed E-state index contributed by atoms with van der Waals surface area (Å²) in [6.07, 6.45) is 0.204. The molecule has 0 saturated heterocycles. The van der Waals surface area contributed by atoms with Gasteiger partial charge >= 0.3 is 0 Å². The molecular weight excluding hydrogens is 428 g/mol. The van der Waals surface area contributed by atoms with Crippen LogP contribution >= 0.6 is 0 Å². The molecule has 0 radical (unpaired) electrons. The monoisotopic (exact) mass is 460 g/mol. The fourth-order valence-electron chi connectivity index (χ4n) is 3.64. The van der Waals surface area contributed by atoms with Crippen molar-refractivity contribution in [2.75, 3.05) is 19.5 Å². The maximum atomic E-state index is 13.5. The molecule has 0 aromatic heterocycles. The molecule has 0 aliphatic rings. The van der Waals surface area contributed by atoms with Gasteiger partial charge in [-0.05, 0) is 44.0 Å². The van der Waals surface area contributed by atoms with Crippen molar-refractivity contribution in [2.45, 2.75) is 39.3 Å². The molecule has 1 N–H and O–H groups in total. The maximum Gasteiger partial charge on any atom is 0.249 e. The Labute approximate surface area is 201 Å². The topological polar surface area (TPSA) is 67.9 Å². The number of methoxy groups -OCH3 is 2. The molecule has 178 valence electrons. The lowest BCUT2D eigenvalue weighted by atomic mass is 9.98. The number of carbonyl (C=O) groups excluding carboxylic acids is 2. The highest BCUT2D eigenvalue weighted by molar-refractivity contribution is 6.01. The van der Waals surface area contributed by atoms with Gasteiger partial charge in [0, 0.05) is 12.6 Å². The quantitative estimate of drug-likeness (QED) is 0.488. The van der Waals surface area contributed by atoms with Gasteiger partial charge in [-0.3, -0.25) is 9.59 Å². The van der Waals surface area contributed by atoms with Crippen molar-refractivity contribution < 1.29 is 19.1 Å². The van der Waals surface area contributed by atoms with Crippen molar-refractivity contribution >= 4 is 17.5 Å². The van der Waals surface area contributed by atoms with E-state index in [9.17, 15) is 9.59 Å². The lowest BCUT2D eigenvalue weighted by Crippen LogP contribution is -2.55. The minimum Gasteiger partial charge on any atom is -0.497 e. The van der Waals surface area contributed by atoms with E-state index in [0.717, 1.165) is 16.7 Å². The van der Waals surface area contributed by atoms with E-state index < -0.39 is 5.54 Å². The number of carbonyl (C=O) groups is 2. The van der Waals surface area contributed by atoms with E-state index in [1.165, 1.54) is 7.11 Å². The molecule has 3 aromatic rings. The largest absolute Gasteiger partial charge is 0.497 e. The van der Waals surface area contributed by atoms with Gasteiger partial charge in [0.15, 0.2) is 0 Å². The zero-order valence-corrected chi connectivity index (χ0v) is 20.4. The van der Waals surface area contributed by atoms with Gasteiger partial charge in [0.05, 0.1) is 26.3 Å². The fraction of sp³-hybridized carbons (Fsp3) is 0.286. The molecule has 0 aliphatic heterocycles. The van der Waals surface area contributed by atoms with Crippen molar-refractivity contribution in [2.24, 2.45) is 0 Å². The number of ether oxygens (including phenoxy) is 2. The van der Waals surface area contributed by atoms with E-state index >= 15 is 0 Å². The second-order valence-electron chi connectivity index (χ2n) is 8.71. The summed E-state index contributed by atoms with van der Waals surface area (Å²) < 4.78 is 10.7. The molecule has 34 heavy (non-hydrogen) atoms. The highest BCUT2D eigenvalue weighted by atomic mass is 16.5. The Morgan fingerprint density at radius 3 is 2.18 bits per heavy atom. The molecule has 0 unspecified atom stereocenters. The smallest absolute Gasteiger partial charge is 0.249 e. The van der Waals surface area contributed by atoms with Crippen LogP contribution in [0.1, 0.15) is 30.5 Å². The Morgan fingerprint density at radius 2 is 1.56 bits per heavy atom. The van der Waals surface area contributed by atoms with Crippen LogP contribution in [0.25, 0.3) is 0 Å². The zero-order valence-electron chi connectivity index (χ0n) is 20.4. The SMILES string of the molecule is COc1ccc(NC(=O)C(C)(C)N(Cc2ccc(C)cc2)C(=O)Cc2ccccc2)c(OC)c1. The van der Waals surface area contributed by atoms with Crippen molar-refractivity contribution in [3.05, 3.63) is 89.5 Å². The lowest BCUT2D eigenvalue weighted by Gasteiger charge is -2.37. The second kappa shape index (κ2) is 10.9. The van der Waals surface area contributed by atoms with Gasteiger partial charge in [0.1, 0.15) is 17.0 Å². The molecule has 2 amide bonds. The first kappa shape index (κ1) is 24.8. The highest BCUT2D eigenvalue weighted by Crippen LogP contribution is 2.31. The summed E-state index contributed by atoms with van der Waals surface area (Å²) in [5.41, 5.74) is 2.35. The predicted octanol–water partition coefficient (Wildman–Crippen LogP) is 5.00. The molecule has 0 spiro atoms. The van der Waals surface area contributed by atoms with Crippen LogP contribution in [-0.4, -0.2) is 36.5 Å². The summed E-state index contributed by atoms with van der Waals surface area (Å²) in [6, 6.07) is 22.7. The first-order valence-corrected chi connectivity index (χ1v) is 11.2. The van der Waals surface area contributed by atoms with E-state index in [1.807, 2.05) is 61.5 Å².